The van der Waals surface area contributed by atoms with Crippen LogP contribution in [0.1, 0.15) is 57.5 Å². The summed E-state index contributed by atoms with van der Waals surface area (Å²) < 4.78 is 19.6. The molecule has 1 aliphatic heterocycles. The SMILES string of the molecule is CN1C(=O)C(Cc2cc(C=O)ccc2F)N(OC(=O)OC(C)(C)C)C1C(C)(C)C. The van der Waals surface area contributed by atoms with E-state index in [-0.39, 0.29) is 17.9 Å². The van der Waals surface area contributed by atoms with Crippen molar-refractivity contribution in [2.75, 3.05) is 7.05 Å². The maximum Gasteiger partial charge on any atom is 0.528 e. The molecule has 1 amide bonds. The first-order chi connectivity index (χ1) is 13.2. The average molecular weight is 408 g/mol. The summed E-state index contributed by atoms with van der Waals surface area (Å²) in [5.41, 5.74) is -0.755. The number of rotatable bonds is 4. The molecule has 7 nitrogen and oxygen atoms in total. The van der Waals surface area contributed by atoms with E-state index in [1.54, 1.807) is 27.8 Å². The molecule has 0 radical (unpaired) electrons. The number of carbonyl (C=O) groups is 3. The van der Waals surface area contributed by atoms with Gasteiger partial charge in [-0.05, 0) is 49.9 Å². The zero-order valence-electron chi connectivity index (χ0n) is 18.0. The predicted molar refractivity (Wildman–Crippen MR) is 104 cm³/mol. The van der Waals surface area contributed by atoms with Crippen LogP contribution >= 0.6 is 0 Å². The Kier molecular flexibility index (Phi) is 6.37. The molecule has 0 saturated carbocycles. The second kappa shape index (κ2) is 8.10. The molecule has 0 N–H and O–H groups in total. The van der Waals surface area contributed by atoms with Gasteiger partial charge in [0, 0.05) is 19.0 Å². The molecule has 0 spiro atoms. The normalized spacial score (nSPS) is 20.7. The van der Waals surface area contributed by atoms with E-state index in [2.05, 4.69) is 0 Å². The lowest BCUT2D eigenvalue weighted by Crippen LogP contribution is -2.49. The average Bonchev–Trinajstić information content (AvgIpc) is 2.79. The third-order valence-electron chi connectivity index (χ3n) is 4.51. The number of carbonyl (C=O) groups excluding carboxylic acids is 3. The summed E-state index contributed by atoms with van der Waals surface area (Å²) >= 11 is 0. The quantitative estimate of drug-likeness (QED) is 0.560. The molecule has 1 aliphatic rings. The third-order valence-corrected chi connectivity index (χ3v) is 4.51. The largest absolute Gasteiger partial charge is 0.528 e. The summed E-state index contributed by atoms with van der Waals surface area (Å²) in [4.78, 5) is 43.3. The van der Waals surface area contributed by atoms with Gasteiger partial charge in [-0.25, -0.2) is 9.18 Å². The monoisotopic (exact) mass is 408 g/mol. The number of ether oxygens (including phenoxy) is 1. The van der Waals surface area contributed by atoms with Gasteiger partial charge in [-0.2, -0.15) is 0 Å². The first-order valence-corrected chi connectivity index (χ1v) is 9.44. The van der Waals surface area contributed by atoms with Crippen molar-refractivity contribution in [2.24, 2.45) is 5.41 Å². The van der Waals surface area contributed by atoms with Gasteiger partial charge in [-0.1, -0.05) is 20.8 Å². The van der Waals surface area contributed by atoms with Crippen LogP contribution in [-0.2, 0) is 20.8 Å². The fraction of sp³-hybridized carbons (Fsp3) is 0.571. The highest BCUT2D eigenvalue weighted by Crippen LogP contribution is 2.35. The van der Waals surface area contributed by atoms with Crippen LogP contribution in [0.4, 0.5) is 9.18 Å². The number of hydrogen-bond donors (Lipinski definition) is 0. The number of halogens is 1. The minimum absolute atomic E-state index is 0.0634. The van der Waals surface area contributed by atoms with Gasteiger partial charge < -0.3 is 14.5 Å². The molecule has 29 heavy (non-hydrogen) atoms. The van der Waals surface area contributed by atoms with Crippen LogP contribution < -0.4 is 0 Å². The fourth-order valence-corrected chi connectivity index (χ4v) is 3.45. The van der Waals surface area contributed by atoms with E-state index in [1.807, 2.05) is 20.8 Å². The molecule has 0 aliphatic carbocycles. The Hall–Kier alpha value is -2.48. The molecule has 0 aromatic heterocycles. The summed E-state index contributed by atoms with van der Waals surface area (Å²) in [6, 6.07) is 2.99. The Bertz CT molecular complexity index is 797. The van der Waals surface area contributed by atoms with Gasteiger partial charge in [0.05, 0.1) is 0 Å². The molecule has 1 aromatic carbocycles. The van der Waals surface area contributed by atoms with Crippen molar-refractivity contribution in [3.8, 4) is 0 Å². The Labute approximate surface area is 170 Å². The minimum Gasteiger partial charge on any atom is -0.427 e. The molecule has 1 fully saturated rings. The van der Waals surface area contributed by atoms with Crippen LogP contribution in [0.2, 0.25) is 0 Å². The molecule has 8 heteroatoms. The highest BCUT2D eigenvalue weighted by atomic mass is 19.1. The fourth-order valence-electron chi connectivity index (χ4n) is 3.45. The standard InChI is InChI=1S/C21H29FN2O5/c1-20(2,3)18-23(7)17(26)16(24(18)29-19(27)28-21(4,5)6)11-14-10-13(12-25)8-9-15(14)22/h8-10,12,16,18H,11H2,1-7H3. The Morgan fingerprint density at radius 1 is 1.21 bits per heavy atom. The van der Waals surface area contributed by atoms with E-state index < -0.39 is 35.2 Å². The van der Waals surface area contributed by atoms with E-state index in [4.69, 9.17) is 9.57 Å². The molecule has 0 bridgehead atoms. The molecule has 2 atom stereocenters. The smallest absolute Gasteiger partial charge is 0.427 e. The summed E-state index contributed by atoms with van der Waals surface area (Å²) in [6.45, 7) is 10.8. The Morgan fingerprint density at radius 2 is 1.83 bits per heavy atom. The van der Waals surface area contributed by atoms with Gasteiger partial charge in [-0.3, -0.25) is 9.59 Å². The number of amides is 1. The van der Waals surface area contributed by atoms with Gasteiger partial charge in [-0.15, -0.1) is 5.06 Å². The summed E-state index contributed by atoms with van der Waals surface area (Å²) in [6.07, 6.45) is -0.975. The Morgan fingerprint density at radius 3 is 2.34 bits per heavy atom. The summed E-state index contributed by atoms with van der Waals surface area (Å²) in [7, 11) is 1.61. The molecule has 160 valence electrons. The molecular formula is C21H29FN2O5. The number of benzene rings is 1. The highest BCUT2D eigenvalue weighted by Gasteiger charge is 2.52. The predicted octanol–water partition coefficient (Wildman–Crippen LogP) is 3.56. The van der Waals surface area contributed by atoms with Crippen molar-refractivity contribution in [1.29, 1.82) is 0 Å². The first kappa shape index (κ1) is 22.8. The maximum atomic E-state index is 14.3. The van der Waals surface area contributed by atoms with Crippen molar-refractivity contribution < 1.29 is 28.3 Å². The van der Waals surface area contributed by atoms with Gasteiger partial charge >= 0.3 is 6.16 Å². The molecular weight excluding hydrogens is 379 g/mol. The second-order valence-corrected chi connectivity index (χ2v) is 9.29. The maximum absolute atomic E-state index is 14.3. The number of likely N-dealkylation sites (N-methyl/N-ethyl adjacent to an activating group) is 1. The molecule has 1 heterocycles. The van der Waals surface area contributed by atoms with E-state index in [0.717, 1.165) is 0 Å². The van der Waals surface area contributed by atoms with Crippen LogP contribution in [0.5, 0.6) is 0 Å². The first-order valence-electron chi connectivity index (χ1n) is 9.44. The Balaban J connectivity index is 2.40. The number of aldehydes is 1. The van der Waals surface area contributed by atoms with Gasteiger partial charge in [0.1, 0.15) is 29.9 Å². The van der Waals surface area contributed by atoms with E-state index in [0.29, 0.717) is 11.8 Å². The van der Waals surface area contributed by atoms with E-state index in [1.165, 1.54) is 28.2 Å². The van der Waals surface area contributed by atoms with Crippen LogP contribution in [0, 0.1) is 11.2 Å². The topological polar surface area (TPSA) is 76.2 Å². The van der Waals surface area contributed by atoms with Gasteiger partial charge in [0.25, 0.3) is 0 Å². The van der Waals surface area contributed by atoms with Gasteiger partial charge in [0.15, 0.2) is 0 Å². The third kappa shape index (κ3) is 5.32. The lowest BCUT2D eigenvalue weighted by molar-refractivity contribution is -0.200. The molecule has 1 aromatic rings. The molecule has 2 unspecified atom stereocenters. The summed E-state index contributed by atoms with van der Waals surface area (Å²) in [5, 5.41) is 1.28. The van der Waals surface area contributed by atoms with Crippen LogP contribution in [0.25, 0.3) is 0 Å². The van der Waals surface area contributed by atoms with Crippen molar-refractivity contribution in [3.63, 3.8) is 0 Å². The highest BCUT2D eigenvalue weighted by molar-refractivity contribution is 5.84. The zero-order chi connectivity index (χ0) is 22.1. The van der Waals surface area contributed by atoms with Gasteiger partial charge in [0.2, 0.25) is 5.91 Å². The molecule has 1 saturated heterocycles. The summed E-state index contributed by atoms with van der Waals surface area (Å²) in [5.74, 6) is -0.855. The lowest BCUT2D eigenvalue weighted by Gasteiger charge is -2.37. The number of hydrogen-bond acceptors (Lipinski definition) is 6. The van der Waals surface area contributed by atoms with Crippen molar-refractivity contribution in [1.82, 2.24) is 9.96 Å². The van der Waals surface area contributed by atoms with E-state index >= 15 is 0 Å². The number of nitrogens with zero attached hydrogens (tertiary/aromatic N) is 2. The van der Waals surface area contributed by atoms with Crippen molar-refractivity contribution in [2.45, 2.75) is 65.8 Å². The zero-order valence-corrected chi connectivity index (χ0v) is 18.0. The second-order valence-electron chi connectivity index (χ2n) is 9.29. The van der Waals surface area contributed by atoms with Crippen LogP contribution in [-0.4, -0.2) is 53.2 Å². The van der Waals surface area contributed by atoms with Crippen molar-refractivity contribution in [3.05, 3.63) is 35.1 Å². The lowest BCUT2D eigenvalue weighted by atomic mass is 9.92. The van der Waals surface area contributed by atoms with Crippen LogP contribution in [0.15, 0.2) is 18.2 Å². The van der Waals surface area contributed by atoms with Crippen molar-refractivity contribution >= 4 is 18.3 Å². The van der Waals surface area contributed by atoms with Crippen LogP contribution in [0.3, 0.4) is 0 Å². The minimum atomic E-state index is -0.951. The molecule has 2 rings (SSSR count). The number of hydroxylamine groups is 2. The van der Waals surface area contributed by atoms with E-state index in [9.17, 15) is 18.8 Å².